The summed E-state index contributed by atoms with van der Waals surface area (Å²) >= 11 is 0. The van der Waals surface area contributed by atoms with E-state index >= 15 is 0 Å². The van der Waals surface area contributed by atoms with Crippen molar-refractivity contribution in [2.45, 2.75) is 31.7 Å². The number of imidazole rings is 1. The topological polar surface area (TPSA) is 56.5 Å². The van der Waals surface area contributed by atoms with E-state index in [-0.39, 0.29) is 12.4 Å². The molecule has 1 aliphatic rings. The number of hydrogen-bond donors (Lipinski definition) is 1. The standard InChI is InChI=1S/C11H18N2O3/c1-13-5-4-12-10(13)3-2-9(14)8-11-15-6-7-16-11/h4-5,9,11,14H,2-3,6-8H2,1H3. The van der Waals surface area contributed by atoms with E-state index in [2.05, 4.69) is 4.98 Å². The predicted octanol–water partition coefficient (Wildman–Crippen LogP) is 0.477. The van der Waals surface area contributed by atoms with Crippen molar-refractivity contribution in [2.75, 3.05) is 13.2 Å². The lowest BCUT2D eigenvalue weighted by molar-refractivity contribution is -0.0710. The second kappa shape index (κ2) is 5.43. The molecule has 0 aromatic carbocycles. The molecule has 2 heterocycles. The molecule has 1 aliphatic heterocycles. The molecule has 2 rings (SSSR count). The molecular formula is C11H18N2O3. The minimum Gasteiger partial charge on any atom is -0.393 e. The van der Waals surface area contributed by atoms with Gasteiger partial charge < -0.3 is 19.1 Å². The zero-order valence-corrected chi connectivity index (χ0v) is 9.50. The SMILES string of the molecule is Cn1ccnc1CCC(O)CC1OCCO1. The predicted molar refractivity (Wildman–Crippen MR) is 57.8 cm³/mol. The summed E-state index contributed by atoms with van der Waals surface area (Å²) in [6, 6.07) is 0. The van der Waals surface area contributed by atoms with Crippen LogP contribution in [-0.2, 0) is 22.9 Å². The fourth-order valence-corrected chi connectivity index (χ4v) is 1.82. The molecule has 1 atom stereocenters. The van der Waals surface area contributed by atoms with Gasteiger partial charge in [0.1, 0.15) is 5.82 Å². The normalized spacial score (nSPS) is 19.1. The van der Waals surface area contributed by atoms with Crippen molar-refractivity contribution in [3.05, 3.63) is 18.2 Å². The van der Waals surface area contributed by atoms with Gasteiger partial charge in [-0.3, -0.25) is 0 Å². The maximum absolute atomic E-state index is 9.80. The van der Waals surface area contributed by atoms with E-state index < -0.39 is 0 Å². The minimum atomic E-state index is -0.389. The summed E-state index contributed by atoms with van der Waals surface area (Å²) in [6.07, 6.45) is 5.07. The van der Waals surface area contributed by atoms with Gasteiger partial charge in [0.25, 0.3) is 0 Å². The number of hydrogen-bond acceptors (Lipinski definition) is 4. The Labute approximate surface area is 95.0 Å². The average molecular weight is 226 g/mol. The highest BCUT2D eigenvalue weighted by molar-refractivity contribution is 4.91. The Morgan fingerprint density at radius 3 is 2.94 bits per heavy atom. The van der Waals surface area contributed by atoms with Gasteiger partial charge in [-0.25, -0.2) is 4.98 Å². The van der Waals surface area contributed by atoms with Crippen LogP contribution < -0.4 is 0 Å². The minimum absolute atomic E-state index is 0.226. The van der Waals surface area contributed by atoms with Gasteiger partial charge in [-0.15, -0.1) is 0 Å². The average Bonchev–Trinajstić information content (AvgIpc) is 2.87. The van der Waals surface area contributed by atoms with E-state index in [0.29, 0.717) is 26.1 Å². The second-order valence-corrected chi connectivity index (χ2v) is 4.05. The van der Waals surface area contributed by atoms with Crippen LogP contribution in [0, 0.1) is 0 Å². The maximum Gasteiger partial charge on any atom is 0.160 e. The number of aryl methyl sites for hydroxylation is 2. The van der Waals surface area contributed by atoms with Crippen LogP contribution in [0.4, 0.5) is 0 Å². The van der Waals surface area contributed by atoms with E-state index in [1.807, 2.05) is 17.8 Å². The third-order valence-corrected chi connectivity index (χ3v) is 2.78. The summed E-state index contributed by atoms with van der Waals surface area (Å²) in [4.78, 5) is 4.21. The van der Waals surface area contributed by atoms with Crippen LogP contribution in [-0.4, -0.2) is 40.3 Å². The summed E-state index contributed by atoms with van der Waals surface area (Å²) in [5.74, 6) is 0.993. The zero-order valence-electron chi connectivity index (χ0n) is 9.50. The molecule has 1 unspecified atom stereocenters. The maximum atomic E-state index is 9.80. The fraction of sp³-hybridized carbons (Fsp3) is 0.727. The van der Waals surface area contributed by atoms with Crippen LogP contribution >= 0.6 is 0 Å². The van der Waals surface area contributed by atoms with Gasteiger partial charge in [0.15, 0.2) is 6.29 Å². The number of aromatic nitrogens is 2. The highest BCUT2D eigenvalue weighted by Gasteiger charge is 2.20. The summed E-state index contributed by atoms with van der Waals surface area (Å²) in [6.45, 7) is 1.27. The Kier molecular flexibility index (Phi) is 3.93. The molecule has 1 aromatic heterocycles. The molecule has 5 nitrogen and oxygen atoms in total. The van der Waals surface area contributed by atoms with E-state index in [1.54, 1.807) is 6.20 Å². The van der Waals surface area contributed by atoms with Crippen LogP contribution in [0.1, 0.15) is 18.7 Å². The smallest absolute Gasteiger partial charge is 0.160 e. The van der Waals surface area contributed by atoms with E-state index in [0.717, 1.165) is 12.2 Å². The quantitative estimate of drug-likeness (QED) is 0.793. The molecule has 0 saturated carbocycles. The number of aliphatic hydroxyl groups is 1. The van der Waals surface area contributed by atoms with Crippen molar-refractivity contribution < 1.29 is 14.6 Å². The van der Waals surface area contributed by atoms with E-state index in [4.69, 9.17) is 9.47 Å². The molecule has 1 fully saturated rings. The van der Waals surface area contributed by atoms with Crippen molar-refractivity contribution in [1.29, 1.82) is 0 Å². The molecule has 1 N–H and O–H groups in total. The molecule has 0 amide bonds. The number of nitrogens with zero attached hydrogens (tertiary/aromatic N) is 2. The van der Waals surface area contributed by atoms with Crippen LogP contribution in [0.3, 0.4) is 0 Å². The van der Waals surface area contributed by atoms with Gasteiger partial charge in [0.05, 0.1) is 19.3 Å². The Hall–Kier alpha value is -0.910. The van der Waals surface area contributed by atoms with Gasteiger partial charge in [-0.1, -0.05) is 0 Å². The monoisotopic (exact) mass is 226 g/mol. The molecule has 90 valence electrons. The van der Waals surface area contributed by atoms with E-state index in [1.165, 1.54) is 0 Å². The van der Waals surface area contributed by atoms with Crippen LogP contribution in [0.2, 0.25) is 0 Å². The van der Waals surface area contributed by atoms with Gasteiger partial charge in [-0.05, 0) is 6.42 Å². The summed E-state index contributed by atoms with van der Waals surface area (Å²) in [7, 11) is 1.96. The Morgan fingerprint density at radius 2 is 2.31 bits per heavy atom. The van der Waals surface area contributed by atoms with E-state index in [9.17, 15) is 5.11 Å². The molecule has 0 bridgehead atoms. The fourth-order valence-electron chi connectivity index (χ4n) is 1.82. The molecular weight excluding hydrogens is 208 g/mol. The highest BCUT2D eigenvalue weighted by Crippen LogP contribution is 2.13. The first-order chi connectivity index (χ1) is 7.75. The first-order valence-corrected chi connectivity index (χ1v) is 5.63. The molecule has 1 aromatic rings. The molecule has 0 aliphatic carbocycles. The van der Waals surface area contributed by atoms with Crippen molar-refractivity contribution in [1.82, 2.24) is 9.55 Å². The third kappa shape index (κ3) is 3.04. The highest BCUT2D eigenvalue weighted by atomic mass is 16.7. The van der Waals surface area contributed by atoms with Crippen molar-refractivity contribution in [3.63, 3.8) is 0 Å². The van der Waals surface area contributed by atoms with Gasteiger partial charge >= 0.3 is 0 Å². The molecule has 1 saturated heterocycles. The van der Waals surface area contributed by atoms with Gasteiger partial charge in [0.2, 0.25) is 0 Å². The first-order valence-electron chi connectivity index (χ1n) is 5.63. The van der Waals surface area contributed by atoms with Crippen molar-refractivity contribution in [2.24, 2.45) is 7.05 Å². The van der Waals surface area contributed by atoms with Gasteiger partial charge in [-0.2, -0.15) is 0 Å². The molecule has 0 radical (unpaired) electrons. The summed E-state index contributed by atoms with van der Waals surface area (Å²) in [5, 5.41) is 9.80. The van der Waals surface area contributed by atoms with Gasteiger partial charge in [0, 0.05) is 32.3 Å². The van der Waals surface area contributed by atoms with Crippen molar-refractivity contribution in [3.8, 4) is 0 Å². The second-order valence-electron chi connectivity index (χ2n) is 4.05. The summed E-state index contributed by atoms with van der Waals surface area (Å²) < 4.78 is 12.5. The van der Waals surface area contributed by atoms with Crippen LogP contribution in [0.5, 0.6) is 0 Å². The Morgan fingerprint density at radius 1 is 1.56 bits per heavy atom. The van der Waals surface area contributed by atoms with Crippen LogP contribution in [0.15, 0.2) is 12.4 Å². The summed E-state index contributed by atoms with van der Waals surface area (Å²) in [5.41, 5.74) is 0. The zero-order chi connectivity index (χ0) is 11.4. The number of rotatable bonds is 5. The molecule has 0 spiro atoms. The lowest BCUT2D eigenvalue weighted by atomic mass is 10.1. The number of ether oxygens (including phenoxy) is 2. The number of aliphatic hydroxyl groups excluding tert-OH is 1. The third-order valence-electron chi connectivity index (χ3n) is 2.78. The lowest BCUT2D eigenvalue weighted by Crippen LogP contribution is -2.19. The first kappa shape index (κ1) is 11.6. The van der Waals surface area contributed by atoms with Crippen LogP contribution in [0.25, 0.3) is 0 Å². The Bertz CT molecular complexity index is 321. The molecule has 5 heteroatoms. The molecule has 16 heavy (non-hydrogen) atoms. The lowest BCUT2D eigenvalue weighted by Gasteiger charge is -2.14. The largest absolute Gasteiger partial charge is 0.393 e. The van der Waals surface area contributed by atoms with Crippen molar-refractivity contribution >= 4 is 0 Å². The Balaban J connectivity index is 1.71.